The van der Waals surface area contributed by atoms with E-state index in [1.165, 1.54) is 42.1 Å². The highest BCUT2D eigenvalue weighted by Crippen LogP contribution is 2.23. The van der Waals surface area contributed by atoms with Gasteiger partial charge >= 0.3 is 0 Å². The maximum atomic E-state index is 3.54. The van der Waals surface area contributed by atoms with Crippen LogP contribution in [0.3, 0.4) is 0 Å². The third kappa shape index (κ3) is 4.60. The average Bonchev–Trinajstić information content (AvgIpc) is 2.83. The summed E-state index contributed by atoms with van der Waals surface area (Å²) < 4.78 is 2.44. The first-order chi connectivity index (χ1) is 10.2. The minimum absolute atomic E-state index is 0.737. The van der Waals surface area contributed by atoms with E-state index in [9.17, 15) is 0 Å². The van der Waals surface area contributed by atoms with Crippen molar-refractivity contribution in [2.45, 2.75) is 53.0 Å². The molecule has 0 saturated heterocycles. The van der Waals surface area contributed by atoms with Gasteiger partial charge in [0.1, 0.15) is 0 Å². The van der Waals surface area contributed by atoms with Crippen molar-refractivity contribution < 1.29 is 0 Å². The molecule has 0 fully saturated rings. The molecule has 1 aromatic carbocycles. The molecule has 21 heavy (non-hydrogen) atoms. The number of fused-ring (bicyclic) bond motifs is 1. The van der Waals surface area contributed by atoms with Crippen molar-refractivity contribution in [2.75, 3.05) is 13.1 Å². The van der Waals surface area contributed by atoms with Crippen molar-refractivity contribution in [3.63, 3.8) is 0 Å². The van der Waals surface area contributed by atoms with E-state index >= 15 is 0 Å². The van der Waals surface area contributed by atoms with E-state index < -0.39 is 0 Å². The van der Waals surface area contributed by atoms with Crippen molar-refractivity contribution in [3.05, 3.63) is 36.0 Å². The molecule has 0 radical (unpaired) electrons. The molecule has 0 atom stereocenters. The van der Waals surface area contributed by atoms with Crippen LogP contribution in [0.25, 0.3) is 10.9 Å². The van der Waals surface area contributed by atoms with Crippen molar-refractivity contribution in [3.8, 4) is 0 Å². The molecule has 0 aliphatic heterocycles. The molecule has 1 aromatic heterocycles. The van der Waals surface area contributed by atoms with Crippen LogP contribution < -0.4 is 5.32 Å². The number of hydrogen-bond donors (Lipinski definition) is 1. The van der Waals surface area contributed by atoms with Crippen molar-refractivity contribution in [1.82, 2.24) is 9.88 Å². The van der Waals surface area contributed by atoms with Crippen LogP contribution in [0.1, 0.15) is 45.6 Å². The van der Waals surface area contributed by atoms with Crippen molar-refractivity contribution >= 4 is 10.9 Å². The SMILES string of the molecule is CCCCn1cc(CCCNCC(C)C)c2ccccc21. The van der Waals surface area contributed by atoms with Gasteiger partial charge in [-0.05, 0) is 49.9 Å². The molecule has 0 spiro atoms. The van der Waals surface area contributed by atoms with Crippen LogP contribution in [0.5, 0.6) is 0 Å². The summed E-state index contributed by atoms with van der Waals surface area (Å²) in [5, 5.41) is 4.98. The summed E-state index contributed by atoms with van der Waals surface area (Å²) in [4.78, 5) is 0. The third-order valence-corrected chi connectivity index (χ3v) is 3.98. The first-order valence-electron chi connectivity index (χ1n) is 8.49. The van der Waals surface area contributed by atoms with Gasteiger partial charge in [0.2, 0.25) is 0 Å². The summed E-state index contributed by atoms with van der Waals surface area (Å²) in [5.74, 6) is 0.737. The Balaban J connectivity index is 1.98. The zero-order chi connectivity index (χ0) is 15.1. The van der Waals surface area contributed by atoms with Gasteiger partial charge in [-0.15, -0.1) is 0 Å². The van der Waals surface area contributed by atoms with E-state index in [0.717, 1.165) is 25.6 Å². The molecule has 2 nitrogen and oxygen atoms in total. The monoisotopic (exact) mass is 286 g/mol. The molecule has 0 aliphatic carbocycles. The number of benzene rings is 1. The number of unbranched alkanes of at least 4 members (excludes halogenated alkanes) is 1. The third-order valence-electron chi connectivity index (χ3n) is 3.98. The molecule has 1 N–H and O–H groups in total. The van der Waals surface area contributed by atoms with Gasteiger partial charge in [-0.1, -0.05) is 45.4 Å². The minimum atomic E-state index is 0.737. The second-order valence-corrected chi connectivity index (χ2v) is 6.42. The fourth-order valence-electron chi connectivity index (χ4n) is 2.83. The smallest absolute Gasteiger partial charge is 0.0483 e. The van der Waals surface area contributed by atoms with Crippen molar-refractivity contribution in [1.29, 1.82) is 0 Å². The Kier molecular flexibility index (Phi) is 6.31. The Bertz CT molecular complexity index is 539. The largest absolute Gasteiger partial charge is 0.347 e. The second-order valence-electron chi connectivity index (χ2n) is 6.42. The zero-order valence-corrected chi connectivity index (χ0v) is 13.9. The Morgan fingerprint density at radius 1 is 1.14 bits per heavy atom. The van der Waals surface area contributed by atoms with Crippen LogP contribution in [0, 0.1) is 5.92 Å². The van der Waals surface area contributed by atoms with E-state index in [2.05, 4.69) is 61.1 Å². The topological polar surface area (TPSA) is 17.0 Å². The van der Waals surface area contributed by atoms with E-state index in [4.69, 9.17) is 0 Å². The number of hydrogen-bond acceptors (Lipinski definition) is 1. The summed E-state index contributed by atoms with van der Waals surface area (Å²) in [6.07, 6.45) is 7.27. The average molecular weight is 286 g/mol. The van der Waals surface area contributed by atoms with Gasteiger partial charge in [0.25, 0.3) is 0 Å². The van der Waals surface area contributed by atoms with Gasteiger partial charge in [0, 0.05) is 23.6 Å². The maximum absolute atomic E-state index is 3.54. The summed E-state index contributed by atoms with van der Waals surface area (Å²) >= 11 is 0. The van der Waals surface area contributed by atoms with Gasteiger partial charge in [0.15, 0.2) is 0 Å². The normalized spacial score (nSPS) is 11.6. The quantitative estimate of drug-likeness (QED) is 0.666. The maximum Gasteiger partial charge on any atom is 0.0483 e. The molecule has 0 amide bonds. The Morgan fingerprint density at radius 2 is 1.95 bits per heavy atom. The van der Waals surface area contributed by atoms with Gasteiger partial charge in [-0.3, -0.25) is 0 Å². The van der Waals surface area contributed by atoms with E-state index in [1.807, 2.05) is 0 Å². The second kappa shape index (κ2) is 8.23. The fourth-order valence-corrected chi connectivity index (χ4v) is 2.83. The number of nitrogens with one attached hydrogen (secondary N) is 1. The lowest BCUT2D eigenvalue weighted by atomic mass is 10.1. The predicted octanol–water partition coefficient (Wildman–Crippen LogP) is 4.62. The first-order valence-corrected chi connectivity index (χ1v) is 8.49. The number of aromatic nitrogens is 1. The number of nitrogens with zero attached hydrogens (tertiary/aromatic N) is 1. The molecule has 116 valence electrons. The molecule has 0 saturated carbocycles. The number of rotatable bonds is 9. The van der Waals surface area contributed by atoms with Gasteiger partial charge < -0.3 is 9.88 Å². The van der Waals surface area contributed by atoms with Gasteiger partial charge in [0.05, 0.1) is 0 Å². The molecule has 0 unspecified atom stereocenters. The van der Waals surface area contributed by atoms with E-state index in [-0.39, 0.29) is 0 Å². The Labute approximate surface area is 129 Å². The first kappa shape index (κ1) is 16.1. The van der Waals surface area contributed by atoms with Crippen LogP contribution in [0.2, 0.25) is 0 Å². The lowest BCUT2D eigenvalue weighted by Crippen LogP contribution is -2.21. The number of para-hydroxylation sites is 1. The fraction of sp³-hybridized carbons (Fsp3) is 0.579. The van der Waals surface area contributed by atoms with Gasteiger partial charge in [-0.2, -0.15) is 0 Å². The van der Waals surface area contributed by atoms with Crippen LogP contribution in [-0.2, 0) is 13.0 Å². The highest BCUT2D eigenvalue weighted by Gasteiger charge is 2.07. The van der Waals surface area contributed by atoms with Gasteiger partial charge in [-0.25, -0.2) is 0 Å². The van der Waals surface area contributed by atoms with Crippen LogP contribution in [0.4, 0.5) is 0 Å². The zero-order valence-electron chi connectivity index (χ0n) is 13.9. The summed E-state index contributed by atoms with van der Waals surface area (Å²) in [7, 11) is 0. The molecular formula is C19H30N2. The lowest BCUT2D eigenvalue weighted by Gasteiger charge is -2.06. The minimum Gasteiger partial charge on any atom is -0.347 e. The summed E-state index contributed by atoms with van der Waals surface area (Å²) in [6.45, 7) is 10.2. The summed E-state index contributed by atoms with van der Waals surface area (Å²) in [5.41, 5.74) is 2.91. The van der Waals surface area contributed by atoms with Crippen LogP contribution >= 0.6 is 0 Å². The van der Waals surface area contributed by atoms with Crippen LogP contribution in [-0.4, -0.2) is 17.7 Å². The molecular weight excluding hydrogens is 256 g/mol. The van der Waals surface area contributed by atoms with Crippen LogP contribution in [0.15, 0.2) is 30.5 Å². The molecule has 0 bridgehead atoms. The Morgan fingerprint density at radius 3 is 2.71 bits per heavy atom. The summed E-state index contributed by atoms with van der Waals surface area (Å²) in [6, 6.07) is 8.84. The van der Waals surface area contributed by atoms with E-state index in [1.54, 1.807) is 0 Å². The highest BCUT2D eigenvalue weighted by molar-refractivity contribution is 5.83. The Hall–Kier alpha value is -1.28. The molecule has 0 aliphatic rings. The lowest BCUT2D eigenvalue weighted by molar-refractivity contribution is 0.543. The molecule has 2 aromatic rings. The predicted molar refractivity (Wildman–Crippen MR) is 92.9 cm³/mol. The molecule has 1 heterocycles. The number of aryl methyl sites for hydroxylation is 2. The van der Waals surface area contributed by atoms with Crippen molar-refractivity contribution in [2.24, 2.45) is 5.92 Å². The van der Waals surface area contributed by atoms with E-state index in [0.29, 0.717) is 0 Å². The molecule has 2 rings (SSSR count). The standard InChI is InChI=1S/C19H30N2/c1-4-5-13-21-15-17(9-8-12-20-14-16(2)3)18-10-6-7-11-19(18)21/h6-7,10-11,15-16,20H,4-5,8-9,12-14H2,1-3H3. The molecule has 2 heteroatoms. The highest BCUT2D eigenvalue weighted by atomic mass is 15.0.